The molecule has 4 bridgehead atoms. The summed E-state index contributed by atoms with van der Waals surface area (Å²) in [6, 6.07) is 34.7. The first-order valence-electron chi connectivity index (χ1n) is 13.4. The molecule has 4 heterocycles. The molecule has 0 unspecified atom stereocenters. The van der Waals surface area contributed by atoms with Crippen LogP contribution in [0.3, 0.4) is 0 Å². The number of aromatic nitrogens is 1. The lowest BCUT2D eigenvalue weighted by Crippen LogP contribution is -2.26. The first kappa shape index (κ1) is 22.7. The molecule has 0 amide bonds. The second kappa shape index (κ2) is 8.92. The van der Waals surface area contributed by atoms with E-state index in [1.165, 1.54) is 0 Å². The lowest BCUT2D eigenvalue weighted by molar-refractivity contribution is 0.431. The molecule has 1 N–H and O–H groups in total. The fourth-order valence-electron chi connectivity index (χ4n) is 5.63. The average molecular weight is 518 g/mol. The van der Waals surface area contributed by atoms with E-state index in [1.807, 2.05) is 79.6 Å². The normalized spacial score (nSPS) is 16.2. The lowest BCUT2D eigenvalue weighted by Gasteiger charge is -2.18. The number of para-hydroxylation sites is 3. The van der Waals surface area contributed by atoms with E-state index in [0.29, 0.717) is 0 Å². The van der Waals surface area contributed by atoms with Gasteiger partial charge in [-0.25, -0.2) is 4.99 Å². The smallest absolute Gasteiger partial charge is 0.525 e. The van der Waals surface area contributed by atoms with Gasteiger partial charge in [0.2, 0.25) is 0 Å². The number of aliphatic imine (C=N–C) groups is 1. The standard InChI is InChI=1S/C34H23BN2O3/c1-35-39-32-12-6-3-9-23(32)26-15-17-28(36-26)34(29-18-16-27(37-29)24-10-4-7-13-33(24)40-35)21-14-19-31-25(20-21)22-8-2-5-11-30(22)38-31/h2-20,36H,1H3/b34-29-. The number of allylic oxidation sites excluding steroid dienone is 2. The molecular formula is C34H23BN2O3. The minimum atomic E-state index is -0.507. The second-order valence-electron chi connectivity index (χ2n) is 9.98. The predicted octanol–water partition coefficient (Wildman–Crippen LogP) is 8.29. The van der Waals surface area contributed by atoms with Crippen molar-refractivity contribution in [2.24, 2.45) is 4.99 Å². The maximum atomic E-state index is 6.31. The van der Waals surface area contributed by atoms with Crippen molar-refractivity contribution >= 4 is 40.3 Å². The molecule has 6 heteroatoms. The highest BCUT2D eigenvalue weighted by Gasteiger charge is 2.24. The van der Waals surface area contributed by atoms with Crippen molar-refractivity contribution < 1.29 is 13.7 Å². The van der Waals surface area contributed by atoms with Gasteiger partial charge in [0.05, 0.1) is 11.4 Å². The highest BCUT2D eigenvalue weighted by atomic mass is 16.6. The number of furan rings is 1. The van der Waals surface area contributed by atoms with E-state index >= 15 is 0 Å². The van der Waals surface area contributed by atoms with E-state index in [4.69, 9.17) is 18.7 Å². The summed E-state index contributed by atoms with van der Waals surface area (Å²) in [6.45, 7) is 1.91. The molecule has 40 heavy (non-hydrogen) atoms. The Balaban J connectivity index is 1.39. The van der Waals surface area contributed by atoms with Crippen LogP contribution in [0.15, 0.2) is 130 Å². The first-order chi connectivity index (χ1) is 19.7. The van der Waals surface area contributed by atoms with E-state index in [1.54, 1.807) is 0 Å². The van der Waals surface area contributed by atoms with Gasteiger partial charge in [0.1, 0.15) is 22.7 Å². The van der Waals surface area contributed by atoms with Gasteiger partial charge < -0.3 is 18.7 Å². The third-order valence-corrected chi connectivity index (χ3v) is 7.44. The third-order valence-electron chi connectivity index (χ3n) is 7.44. The van der Waals surface area contributed by atoms with Gasteiger partial charge in [-0.3, -0.25) is 0 Å². The zero-order valence-corrected chi connectivity index (χ0v) is 21.7. The van der Waals surface area contributed by atoms with Crippen molar-refractivity contribution in [2.75, 3.05) is 0 Å². The van der Waals surface area contributed by atoms with Crippen LogP contribution in [0.2, 0.25) is 6.82 Å². The lowest BCUT2D eigenvalue weighted by atomic mass is 9.93. The summed E-state index contributed by atoms with van der Waals surface area (Å²) in [6.07, 6.45) is 4.13. The fraction of sp³-hybridized carbons (Fsp3) is 0.0294. The first-order valence-corrected chi connectivity index (χ1v) is 13.4. The fourth-order valence-corrected chi connectivity index (χ4v) is 5.63. The Morgan fingerprint density at radius 2 is 1.35 bits per heavy atom. The Hall–Kier alpha value is -5.23. The van der Waals surface area contributed by atoms with Crippen LogP contribution in [-0.2, 0) is 0 Å². The van der Waals surface area contributed by atoms with Crippen molar-refractivity contribution in [3.63, 3.8) is 0 Å². The zero-order valence-electron chi connectivity index (χ0n) is 21.7. The Bertz CT molecular complexity index is 2050. The number of aromatic amines is 1. The van der Waals surface area contributed by atoms with Gasteiger partial charge in [-0.05, 0) is 79.1 Å². The zero-order chi connectivity index (χ0) is 26.6. The summed E-state index contributed by atoms with van der Waals surface area (Å²) in [5, 5.41) is 2.17. The number of benzene rings is 4. The van der Waals surface area contributed by atoms with E-state index in [-0.39, 0.29) is 0 Å². The van der Waals surface area contributed by atoms with Crippen molar-refractivity contribution in [1.82, 2.24) is 4.98 Å². The van der Waals surface area contributed by atoms with Gasteiger partial charge in [-0.2, -0.15) is 0 Å². The number of hydrogen-bond acceptors (Lipinski definition) is 4. The molecule has 190 valence electrons. The van der Waals surface area contributed by atoms with Gasteiger partial charge in [-0.1, -0.05) is 48.5 Å². The minimum Gasteiger partial charge on any atom is -0.525 e. The Morgan fingerprint density at radius 1 is 0.650 bits per heavy atom. The highest BCUT2D eigenvalue weighted by molar-refractivity contribution is 6.44. The van der Waals surface area contributed by atoms with Crippen molar-refractivity contribution in [1.29, 1.82) is 0 Å². The molecule has 6 aromatic rings. The molecule has 0 saturated heterocycles. The Labute approximate surface area is 231 Å². The molecule has 2 aliphatic rings. The van der Waals surface area contributed by atoms with Crippen LogP contribution in [0.1, 0.15) is 16.8 Å². The maximum absolute atomic E-state index is 6.31. The summed E-state index contributed by atoms with van der Waals surface area (Å²) < 4.78 is 18.7. The summed E-state index contributed by atoms with van der Waals surface area (Å²) >= 11 is 0. The Morgan fingerprint density at radius 3 is 2.23 bits per heavy atom. The van der Waals surface area contributed by atoms with E-state index in [2.05, 4.69) is 47.5 Å². The van der Waals surface area contributed by atoms with Crippen LogP contribution in [-0.4, -0.2) is 17.8 Å². The van der Waals surface area contributed by atoms with Gasteiger partial charge in [-0.15, -0.1) is 0 Å². The molecule has 8 rings (SSSR count). The Kier molecular flexibility index (Phi) is 5.07. The summed E-state index contributed by atoms with van der Waals surface area (Å²) in [7, 11) is -0.507. The summed E-state index contributed by atoms with van der Waals surface area (Å²) in [5.74, 6) is 1.47. The van der Waals surface area contributed by atoms with Crippen LogP contribution in [0.4, 0.5) is 0 Å². The molecule has 0 fully saturated rings. The number of rotatable bonds is 1. The number of nitrogens with one attached hydrogen (secondary N) is 1. The number of hydrogen-bond donors (Lipinski definition) is 1. The molecule has 5 nitrogen and oxygen atoms in total. The van der Waals surface area contributed by atoms with Gasteiger partial charge in [0.15, 0.2) is 0 Å². The van der Waals surface area contributed by atoms with Crippen molar-refractivity contribution in [3.8, 4) is 22.8 Å². The topological polar surface area (TPSA) is 59.8 Å². The van der Waals surface area contributed by atoms with Gasteiger partial charge >= 0.3 is 7.12 Å². The largest absolute Gasteiger partial charge is 0.591 e. The van der Waals surface area contributed by atoms with Gasteiger partial charge in [0.25, 0.3) is 0 Å². The number of H-pyrrole nitrogens is 1. The molecular weight excluding hydrogens is 495 g/mol. The molecule has 0 aliphatic carbocycles. The van der Waals surface area contributed by atoms with Crippen LogP contribution < -0.4 is 9.31 Å². The third kappa shape index (κ3) is 3.68. The SMILES string of the molecule is CB1Oc2ccccc2C2=N/C(=C(/c3ccc4oc5ccccc5c4c3)c3ccc([nH]3)-c3ccccc3O1)C=C2. The quantitative estimate of drug-likeness (QED) is 0.223. The van der Waals surface area contributed by atoms with Crippen molar-refractivity contribution in [3.05, 3.63) is 138 Å². The second-order valence-corrected chi connectivity index (χ2v) is 9.98. The summed E-state index contributed by atoms with van der Waals surface area (Å²) in [4.78, 5) is 8.79. The molecule has 4 aromatic carbocycles. The van der Waals surface area contributed by atoms with Crippen LogP contribution >= 0.6 is 0 Å². The van der Waals surface area contributed by atoms with E-state index in [0.717, 1.165) is 78.5 Å². The number of fused-ring (bicyclic) bond motifs is 10. The molecule has 0 spiro atoms. The summed E-state index contributed by atoms with van der Waals surface area (Å²) in [5.41, 5.74) is 9.31. The predicted molar refractivity (Wildman–Crippen MR) is 161 cm³/mol. The van der Waals surface area contributed by atoms with Crippen LogP contribution in [0, 0.1) is 0 Å². The average Bonchev–Trinajstić information content (AvgIpc) is 3.73. The maximum Gasteiger partial charge on any atom is 0.591 e. The molecule has 2 aliphatic heterocycles. The van der Waals surface area contributed by atoms with E-state index < -0.39 is 7.12 Å². The van der Waals surface area contributed by atoms with E-state index in [9.17, 15) is 0 Å². The number of nitrogens with zero attached hydrogens (tertiary/aromatic N) is 1. The van der Waals surface area contributed by atoms with Crippen LogP contribution in [0.5, 0.6) is 11.5 Å². The minimum absolute atomic E-state index is 0.507. The molecule has 0 radical (unpaired) electrons. The highest BCUT2D eigenvalue weighted by Crippen LogP contribution is 2.38. The molecule has 2 aromatic heterocycles. The van der Waals surface area contributed by atoms with Gasteiger partial charge in [0, 0.05) is 38.9 Å². The molecule has 0 saturated carbocycles. The molecule has 0 atom stereocenters. The monoisotopic (exact) mass is 518 g/mol. The van der Waals surface area contributed by atoms with Crippen LogP contribution in [0.25, 0.3) is 38.8 Å². The van der Waals surface area contributed by atoms with Crippen molar-refractivity contribution in [2.45, 2.75) is 6.82 Å².